The van der Waals surface area contributed by atoms with Crippen LogP contribution in [-0.2, 0) is 0 Å². The van der Waals surface area contributed by atoms with Crippen molar-refractivity contribution in [2.24, 2.45) is 0 Å². The van der Waals surface area contributed by atoms with Crippen LogP contribution in [0.5, 0.6) is 0 Å². The summed E-state index contributed by atoms with van der Waals surface area (Å²) in [6, 6.07) is 0. The molecule has 1 aromatic heterocycles. The lowest BCUT2D eigenvalue weighted by atomic mass is 10.5. The van der Waals surface area contributed by atoms with Crippen molar-refractivity contribution < 1.29 is 0 Å². The fourth-order valence-electron chi connectivity index (χ4n) is 0.574. The van der Waals surface area contributed by atoms with Crippen LogP contribution in [0.4, 0.5) is 0 Å². The second-order valence-corrected chi connectivity index (χ2v) is 2.74. The Labute approximate surface area is 69.8 Å². The molecule has 0 saturated heterocycles. The van der Waals surface area contributed by atoms with Crippen molar-refractivity contribution in [3.63, 3.8) is 0 Å². The lowest BCUT2D eigenvalue weighted by molar-refractivity contribution is 1.27. The standard InChI is InChI=1S/C8H8N2S/c1-2-3-4-8-10-7(5-9)6-11-8/h5-6,9H,2H2,1H3. The van der Waals surface area contributed by atoms with Crippen molar-refractivity contribution >= 4 is 17.6 Å². The minimum atomic E-state index is 0.690. The van der Waals surface area contributed by atoms with Gasteiger partial charge < -0.3 is 5.41 Å². The van der Waals surface area contributed by atoms with Gasteiger partial charge in [-0.25, -0.2) is 4.98 Å². The van der Waals surface area contributed by atoms with Crippen LogP contribution in [0.1, 0.15) is 24.0 Å². The molecule has 0 fully saturated rings. The molecular weight excluding hydrogens is 156 g/mol. The number of nitrogens with one attached hydrogen (secondary N) is 1. The first-order valence-corrected chi connectivity index (χ1v) is 4.19. The van der Waals surface area contributed by atoms with E-state index >= 15 is 0 Å². The molecule has 1 N–H and O–H groups in total. The monoisotopic (exact) mass is 164 g/mol. The topological polar surface area (TPSA) is 36.7 Å². The average Bonchev–Trinajstić information content (AvgIpc) is 2.48. The normalized spacial score (nSPS) is 8.45. The SMILES string of the molecule is CCC#Cc1nc(C=N)cs1. The van der Waals surface area contributed by atoms with Crippen LogP contribution in [0.25, 0.3) is 0 Å². The molecule has 2 nitrogen and oxygen atoms in total. The zero-order chi connectivity index (χ0) is 8.10. The number of aromatic nitrogens is 1. The molecule has 0 aromatic carbocycles. The predicted molar refractivity (Wildman–Crippen MR) is 47.2 cm³/mol. The highest BCUT2D eigenvalue weighted by Crippen LogP contribution is 2.05. The first kappa shape index (κ1) is 7.96. The van der Waals surface area contributed by atoms with E-state index in [1.165, 1.54) is 17.6 Å². The van der Waals surface area contributed by atoms with Crippen LogP contribution < -0.4 is 0 Å². The van der Waals surface area contributed by atoms with Gasteiger partial charge >= 0.3 is 0 Å². The molecule has 0 aliphatic carbocycles. The largest absolute Gasteiger partial charge is 0.306 e. The first-order valence-electron chi connectivity index (χ1n) is 3.31. The predicted octanol–water partition coefficient (Wildman–Crippen LogP) is 1.90. The van der Waals surface area contributed by atoms with Crippen LogP contribution in [0.15, 0.2) is 5.38 Å². The summed E-state index contributed by atoms with van der Waals surface area (Å²) in [6.45, 7) is 2.00. The van der Waals surface area contributed by atoms with Gasteiger partial charge in [0, 0.05) is 18.0 Å². The number of hydrogen-bond acceptors (Lipinski definition) is 3. The molecule has 0 atom stereocenters. The van der Waals surface area contributed by atoms with Gasteiger partial charge in [-0.3, -0.25) is 0 Å². The van der Waals surface area contributed by atoms with E-state index in [4.69, 9.17) is 5.41 Å². The number of rotatable bonds is 1. The molecule has 1 aromatic rings. The van der Waals surface area contributed by atoms with E-state index in [9.17, 15) is 0 Å². The smallest absolute Gasteiger partial charge is 0.167 e. The molecule has 0 aliphatic heterocycles. The third kappa shape index (κ3) is 2.17. The summed E-state index contributed by atoms with van der Waals surface area (Å²) in [6.07, 6.45) is 2.08. The fraction of sp³-hybridized carbons (Fsp3) is 0.250. The summed E-state index contributed by atoms with van der Waals surface area (Å²) in [7, 11) is 0. The minimum absolute atomic E-state index is 0.690. The zero-order valence-electron chi connectivity index (χ0n) is 6.22. The quantitative estimate of drug-likeness (QED) is 0.499. The van der Waals surface area contributed by atoms with E-state index < -0.39 is 0 Å². The van der Waals surface area contributed by atoms with Crippen molar-refractivity contribution in [3.05, 3.63) is 16.1 Å². The third-order valence-electron chi connectivity index (χ3n) is 1.04. The van der Waals surface area contributed by atoms with Crippen LogP contribution in [0.2, 0.25) is 0 Å². The van der Waals surface area contributed by atoms with Crippen molar-refractivity contribution in [3.8, 4) is 11.8 Å². The molecule has 0 amide bonds. The third-order valence-corrected chi connectivity index (χ3v) is 1.82. The summed E-state index contributed by atoms with van der Waals surface area (Å²) in [5.41, 5.74) is 0.690. The highest BCUT2D eigenvalue weighted by molar-refractivity contribution is 7.10. The average molecular weight is 164 g/mol. The van der Waals surface area contributed by atoms with Gasteiger partial charge in [-0.15, -0.1) is 11.3 Å². The Kier molecular flexibility index (Phi) is 2.82. The summed E-state index contributed by atoms with van der Waals surface area (Å²) < 4.78 is 0. The maximum absolute atomic E-state index is 6.91. The number of nitrogens with zero attached hydrogens (tertiary/aromatic N) is 1. The van der Waals surface area contributed by atoms with Crippen LogP contribution in [-0.4, -0.2) is 11.2 Å². The van der Waals surface area contributed by atoms with E-state index in [1.54, 1.807) is 0 Å². The second kappa shape index (κ2) is 3.89. The van der Waals surface area contributed by atoms with E-state index in [2.05, 4.69) is 16.8 Å². The van der Waals surface area contributed by atoms with Gasteiger partial charge in [-0.2, -0.15) is 0 Å². The molecule has 56 valence electrons. The second-order valence-electron chi connectivity index (χ2n) is 1.88. The summed E-state index contributed by atoms with van der Waals surface area (Å²) in [5, 5.41) is 9.53. The van der Waals surface area contributed by atoms with Gasteiger partial charge in [0.25, 0.3) is 0 Å². The van der Waals surface area contributed by atoms with Crippen LogP contribution in [0, 0.1) is 17.3 Å². The first-order chi connectivity index (χ1) is 5.36. The minimum Gasteiger partial charge on any atom is -0.306 e. The van der Waals surface area contributed by atoms with Gasteiger partial charge in [-0.1, -0.05) is 12.8 Å². The highest BCUT2D eigenvalue weighted by atomic mass is 32.1. The molecule has 11 heavy (non-hydrogen) atoms. The Morgan fingerprint density at radius 1 is 1.82 bits per heavy atom. The van der Waals surface area contributed by atoms with Gasteiger partial charge in [0.05, 0.1) is 5.69 Å². The molecule has 3 heteroatoms. The van der Waals surface area contributed by atoms with Crippen LogP contribution in [0.3, 0.4) is 0 Å². The summed E-state index contributed by atoms with van der Waals surface area (Å²) >= 11 is 1.48. The van der Waals surface area contributed by atoms with Crippen molar-refractivity contribution in [1.82, 2.24) is 4.98 Å². The van der Waals surface area contributed by atoms with Crippen molar-refractivity contribution in [2.75, 3.05) is 0 Å². The lowest BCUT2D eigenvalue weighted by Gasteiger charge is -1.75. The number of thiazole rings is 1. The molecule has 0 bridgehead atoms. The summed E-state index contributed by atoms with van der Waals surface area (Å²) in [5.74, 6) is 5.83. The number of hydrogen-bond donors (Lipinski definition) is 1. The van der Waals surface area contributed by atoms with Gasteiger partial charge in [-0.05, 0) is 5.92 Å². The Morgan fingerprint density at radius 2 is 2.64 bits per heavy atom. The molecule has 0 spiro atoms. The highest BCUT2D eigenvalue weighted by Gasteiger charge is 1.93. The molecule has 1 rings (SSSR count). The lowest BCUT2D eigenvalue weighted by Crippen LogP contribution is -1.77. The molecule has 0 aliphatic rings. The van der Waals surface area contributed by atoms with E-state index in [0.717, 1.165) is 11.4 Å². The van der Waals surface area contributed by atoms with Crippen molar-refractivity contribution in [2.45, 2.75) is 13.3 Å². The maximum Gasteiger partial charge on any atom is 0.167 e. The molecule has 0 radical (unpaired) electrons. The molecular formula is C8H8N2S. The Hall–Kier alpha value is -1.14. The van der Waals surface area contributed by atoms with Crippen LogP contribution >= 0.6 is 11.3 Å². The maximum atomic E-state index is 6.91. The van der Waals surface area contributed by atoms with Gasteiger partial charge in [0.15, 0.2) is 5.01 Å². The summed E-state index contributed by atoms with van der Waals surface area (Å²) in [4.78, 5) is 4.07. The fourth-order valence-corrected chi connectivity index (χ4v) is 1.22. The molecule has 1 heterocycles. The van der Waals surface area contributed by atoms with Gasteiger partial charge in [0.1, 0.15) is 0 Å². The van der Waals surface area contributed by atoms with E-state index in [1.807, 2.05) is 12.3 Å². The van der Waals surface area contributed by atoms with Gasteiger partial charge in [0.2, 0.25) is 0 Å². The Bertz CT molecular complexity index is 303. The molecule has 0 unspecified atom stereocenters. The molecule has 0 saturated carbocycles. The Morgan fingerprint density at radius 3 is 3.18 bits per heavy atom. The van der Waals surface area contributed by atoms with E-state index in [0.29, 0.717) is 5.69 Å². The van der Waals surface area contributed by atoms with Crippen molar-refractivity contribution in [1.29, 1.82) is 5.41 Å². The van der Waals surface area contributed by atoms with E-state index in [-0.39, 0.29) is 0 Å². The Balaban J connectivity index is 2.80. The zero-order valence-corrected chi connectivity index (χ0v) is 7.03.